The molecule has 5 nitrogen and oxygen atoms in total. The van der Waals surface area contributed by atoms with Crippen LogP contribution in [0.15, 0.2) is 12.3 Å². The van der Waals surface area contributed by atoms with Gasteiger partial charge in [0.15, 0.2) is 0 Å². The summed E-state index contributed by atoms with van der Waals surface area (Å²) in [6.45, 7) is 3.03. The van der Waals surface area contributed by atoms with Crippen molar-refractivity contribution in [2.45, 2.75) is 19.5 Å². The van der Waals surface area contributed by atoms with Gasteiger partial charge in [0, 0.05) is 25.4 Å². The maximum Gasteiger partial charge on any atom is 0.401 e. The Balaban J connectivity index is 1.78. The molecule has 1 fully saturated rings. The molecule has 0 bridgehead atoms. The standard InChI is InChI=1S/C13H19F3N4O/c1-2-21-11-3-5-17-12(19-11)18-7-10-4-6-20(8-10)9-13(14,15)16/h3,5,10H,2,4,6-9H2,1H3,(H,17,18,19). The molecule has 1 aliphatic heterocycles. The second-order valence-corrected chi connectivity index (χ2v) is 5.04. The first-order valence-electron chi connectivity index (χ1n) is 6.95. The third kappa shape index (κ3) is 5.37. The first-order chi connectivity index (χ1) is 9.96. The van der Waals surface area contributed by atoms with Crippen LogP contribution in [-0.4, -0.2) is 53.8 Å². The molecule has 118 valence electrons. The van der Waals surface area contributed by atoms with E-state index in [2.05, 4.69) is 15.3 Å². The Bertz CT molecular complexity index is 455. The van der Waals surface area contributed by atoms with E-state index in [0.717, 1.165) is 6.42 Å². The molecule has 0 spiro atoms. The van der Waals surface area contributed by atoms with E-state index < -0.39 is 12.7 Å². The summed E-state index contributed by atoms with van der Waals surface area (Å²) in [7, 11) is 0. The van der Waals surface area contributed by atoms with Gasteiger partial charge in [-0.15, -0.1) is 0 Å². The van der Waals surface area contributed by atoms with Gasteiger partial charge in [-0.2, -0.15) is 18.2 Å². The van der Waals surface area contributed by atoms with Gasteiger partial charge in [-0.25, -0.2) is 4.98 Å². The van der Waals surface area contributed by atoms with Gasteiger partial charge in [-0.05, 0) is 25.8 Å². The number of aromatic nitrogens is 2. The van der Waals surface area contributed by atoms with Gasteiger partial charge in [0.2, 0.25) is 11.8 Å². The number of rotatable bonds is 6. The van der Waals surface area contributed by atoms with Crippen molar-refractivity contribution in [1.29, 1.82) is 0 Å². The van der Waals surface area contributed by atoms with Gasteiger partial charge in [-0.3, -0.25) is 4.90 Å². The number of nitrogens with one attached hydrogen (secondary N) is 1. The Morgan fingerprint density at radius 3 is 3.00 bits per heavy atom. The third-order valence-corrected chi connectivity index (χ3v) is 3.24. The maximum atomic E-state index is 12.3. The van der Waals surface area contributed by atoms with Gasteiger partial charge in [0.1, 0.15) is 0 Å². The van der Waals surface area contributed by atoms with Crippen LogP contribution in [0.3, 0.4) is 0 Å². The zero-order chi connectivity index (χ0) is 15.3. The van der Waals surface area contributed by atoms with E-state index in [9.17, 15) is 13.2 Å². The van der Waals surface area contributed by atoms with E-state index in [1.54, 1.807) is 12.3 Å². The van der Waals surface area contributed by atoms with Crippen LogP contribution in [0.5, 0.6) is 5.88 Å². The minimum atomic E-state index is -4.13. The highest BCUT2D eigenvalue weighted by atomic mass is 19.4. The van der Waals surface area contributed by atoms with Crippen molar-refractivity contribution in [3.8, 4) is 5.88 Å². The highest BCUT2D eigenvalue weighted by Gasteiger charge is 2.34. The fourth-order valence-electron chi connectivity index (χ4n) is 2.37. The summed E-state index contributed by atoms with van der Waals surface area (Å²) < 4.78 is 42.2. The third-order valence-electron chi connectivity index (χ3n) is 3.24. The second kappa shape index (κ2) is 6.93. The van der Waals surface area contributed by atoms with E-state index in [0.29, 0.717) is 38.1 Å². The van der Waals surface area contributed by atoms with E-state index in [-0.39, 0.29) is 5.92 Å². The Labute approximate surface area is 121 Å². The lowest BCUT2D eigenvalue weighted by Gasteiger charge is -2.18. The quantitative estimate of drug-likeness (QED) is 0.873. The molecule has 1 atom stereocenters. The molecule has 1 aromatic heterocycles. The number of halogens is 3. The van der Waals surface area contributed by atoms with Crippen molar-refractivity contribution >= 4 is 5.95 Å². The molecule has 1 aromatic rings. The van der Waals surface area contributed by atoms with E-state index in [1.165, 1.54) is 4.90 Å². The number of anilines is 1. The lowest BCUT2D eigenvalue weighted by Crippen LogP contribution is -2.33. The van der Waals surface area contributed by atoms with Crippen LogP contribution in [0, 0.1) is 5.92 Å². The molecule has 0 aliphatic carbocycles. The van der Waals surface area contributed by atoms with Gasteiger partial charge in [0.05, 0.1) is 13.2 Å². The van der Waals surface area contributed by atoms with Crippen LogP contribution < -0.4 is 10.1 Å². The molecule has 1 unspecified atom stereocenters. The van der Waals surface area contributed by atoms with Crippen LogP contribution in [0.2, 0.25) is 0 Å². The predicted molar refractivity (Wildman–Crippen MR) is 72.3 cm³/mol. The number of hydrogen-bond donors (Lipinski definition) is 1. The monoisotopic (exact) mass is 304 g/mol. The molecule has 0 aromatic carbocycles. The van der Waals surface area contributed by atoms with Gasteiger partial charge in [0.25, 0.3) is 0 Å². The molecule has 1 N–H and O–H groups in total. The molecule has 0 radical (unpaired) electrons. The highest BCUT2D eigenvalue weighted by Crippen LogP contribution is 2.22. The smallest absolute Gasteiger partial charge is 0.401 e. The summed E-state index contributed by atoms with van der Waals surface area (Å²) in [4.78, 5) is 9.66. The lowest BCUT2D eigenvalue weighted by molar-refractivity contribution is -0.143. The van der Waals surface area contributed by atoms with Crippen molar-refractivity contribution in [3.63, 3.8) is 0 Å². The second-order valence-electron chi connectivity index (χ2n) is 5.04. The number of hydrogen-bond acceptors (Lipinski definition) is 5. The largest absolute Gasteiger partial charge is 0.478 e. The Kier molecular flexibility index (Phi) is 5.22. The lowest BCUT2D eigenvalue weighted by atomic mass is 10.1. The van der Waals surface area contributed by atoms with Crippen LogP contribution >= 0.6 is 0 Å². The Morgan fingerprint density at radius 1 is 1.48 bits per heavy atom. The minimum absolute atomic E-state index is 0.173. The summed E-state index contributed by atoms with van der Waals surface area (Å²) in [5.74, 6) is 1.10. The fourth-order valence-corrected chi connectivity index (χ4v) is 2.37. The molecule has 0 amide bonds. The first-order valence-corrected chi connectivity index (χ1v) is 6.95. The van der Waals surface area contributed by atoms with E-state index in [1.807, 2.05) is 6.92 Å². The molecular weight excluding hydrogens is 285 g/mol. The Hall–Kier alpha value is -1.57. The maximum absolute atomic E-state index is 12.3. The normalized spacial score (nSPS) is 19.7. The zero-order valence-electron chi connectivity index (χ0n) is 11.9. The molecule has 1 aliphatic rings. The summed E-state index contributed by atoms with van der Waals surface area (Å²) in [5.41, 5.74) is 0. The number of alkyl halides is 3. The van der Waals surface area contributed by atoms with Crippen LogP contribution in [0.4, 0.5) is 19.1 Å². The van der Waals surface area contributed by atoms with Crippen molar-refractivity contribution in [2.24, 2.45) is 5.92 Å². The van der Waals surface area contributed by atoms with Crippen LogP contribution in [0.25, 0.3) is 0 Å². The molecule has 1 saturated heterocycles. The molecule has 2 heterocycles. The SMILES string of the molecule is CCOc1ccnc(NCC2CCN(CC(F)(F)F)C2)n1. The van der Waals surface area contributed by atoms with Gasteiger partial charge >= 0.3 is 6.18 Å². The van der Waals surface area contributed by atoms with Crippen molar-refractivity contribution < 1.29 is 17.9 Å². The molecule has 21 heavy (non-hydrogen) atoms. The van der Waals surface area contributed by atoms with Crippen molar-refractivity contribution in [3.05, 3.63) is 12.3 Å². The van der Waals surface area contributed by atoms with Gasteiger partial charge < -0.3 is 10.1 Å². The average Bonchev–Trinajstić information content (AvgIpc) is 2.83. The minimum Gasteiger partial charge on any atom is -0.478 e. The number of likely N-dealkylation sites (tertiary alicyclic amines) is 1. The van der Waals surface area contributed by atoms with E-state index >= 15 is 0 Å². The summed E-state index contributed by atoms with van der Waals surface area (Å²) in [6.07, 6.45) is -1.80. The first kappa shape index (κ1) is 15.8. The van der Waals surface area contributed by atoms with Crippen LogP contribution in [0.1, 0.15) is 13.3 Å². The predicted octanol–water partition coefficient (Wildman–Crippen LogP) is 2.17. The number of ether oxygens (including phenoxy) is 1. The van der Waals surface area contributed by atoms with Crippen LogP contribution in [-0.2, 0) is 0 Å². The average molecular weight is 304 g/mol. The van der Waals surface area contributed by atoms with Gasteiger partial charge in [-0.1, -0.05) is 0 Å². The molecule has 8 heteroatoms. The summed E-state index contributed by atoms with van der Waals surface area (Å²) in [6, 6.07) is 1.66. The van der Waals surface area contributed by atoms with Crippen molar-refractivity contribution in [1.82, 2.24) is 14.9 Å². The van der Waals surface area contributed by atoms with E-state index in [4.69, 9.17) is 4.74 Å². The number of nitrogens with zero attached hydrogens (tertiary/aromatic N) is 3. The summed E-state index contributed by atoms with van der Waals surface area (Å²) >= 11 is 0. The van der Waals surface area contributed by atoms with Crippen molar-refractivity contribution in [2.75, 3.05) is 38.1 Å². The molecule has 2 rings (SSSR count). The molecule has 0 saturated carbocycles. The molecular formula is C13H19F3N4O. The highest BCUT2D eigenvalue weighted by molar-refractivity contribution is 5.27. The topological polar surface area (TPSA) is 50.3 Å². The zero-order valence-corrected chi connectivity index (χ0v) is 11.9. The summed E-state index contributed by atoms with van der Waals surface area (Å²) in [5, 5.41) is 3.06. The Morgan fingerprint density at radius 2 is 2.29 bits per heavy atom. The fraction of sp³-hybridized carbons (Fsp3) is 0.692.